The highest BCUT2D eigenvalue weighted by molar-refractivity contribution is 5.86. The first-order chi connectivity index (χ1) is 13.0. The second-order valence-electron chi connectivity index (χ2n) is 6.06. The number of hydrogen-bond donors (Lipinski definition) is 2. The van der Waals surface area contributed by atoms with Crippen LogP contribution in [0.4, 0.5) is 4.39 Å². The number of hydrogen-bond acceptors (Lipinski definition) is 3. The van der Waals surface area contributed by atoms with Crippen LogP contribution in [-0.4, -0.2) is 31.6 Å². The zero-order valence-electron chi connectivity index (χ0n) is 15.4. The van der Waals surface area contributed by atoms with Gasteiger partial charge in [-0.25, -0.2) is 4.39 Å². The smallest absolute Gasteiger partial charge is 0.245 e. The van der Waals surface area contributed by atoms with Crippen molar-refractivity contribution in [3.63, 3.8) is 0 Å². The lowest BCUT2D eigenvalue weighted by molar-refractivity contribution is -0.129. The molecule has 2 aromatic rings. The van der Waals surface area contributed by atoms with Crippen molar-refractivity contribution in [2.24, 2.45) is 0 Å². The Balaban J connectivity index is 1.91. The standard InChI is InChI=1S/C21H23FN2O3/c1-15(25)24-20(14-27-2)21(26)23-13-18-10-7-16(8-11-18)6-9-17-4-3-5-19(22)12-17/h3-12,20H,13-14H2,1-2H3,(H,23,26)(H,24,25)/b9-6+/t20-/m1/s1. The van der Waals surface area contributed by atoms with Crippen molar-refractivity contribution >= 4 is 24.0 Å². The fourth-order valence-electron chi connectivity index (χ4n) is 2.46. The Kier molecular flexibility index (Phi) is 7.70. The Labute approximate surface area is 158 Å². The van der Waals surface area contributed by atoms with Crippen molar-refractivity contribution in [1.82, 2.24) is 10.6 Å². The van der Waals surface area contributed by atoms with Crippen LogP contribution in [0.3, 0.4) is 0 Å². The van der Waals surface area contributed by atoms with Gasteiger partial charge in [0.1, 0.15) is 11.9 Å². The second-order valence-corrected chi connectivity index (χ2v) is 6.06. The van der Waals surface area contributed by atoms with Gasteiger partial charge in [0.2, 0.25) is 11.8 Å². The van der Waals surface area contributed by atoms with Gasteiger partial charge in [-0.2, -0.15) is 0 Å². The molecule has 6 heteroatoms. The fraction of sp³-hybridized carbons (Fsp3) is 0.238. The van der Waals surface area contributed by atoms with Crippen LogP contribution in [0.5, 0.6) is 0 Å². The maximum Gasteiger partial charge on any atom is 0.245 e. The maximum absolute atomic E-state index is 13.2. The summed E-state index contributed by atoms with van der Waals surface area (Å²) in [7, 11) is 1.47. The van der Waals surface area contributed by atoms with Crippen LogP contribution >= 0.6 is 0 Å². The van der Waals surface area contributed by atoms with Crippen LogP contribution in [0, 0.1) is 5.82 Å². The predicted octanol–water partition coefficient (Wildman–Crippen LogP) is 2.76. The van der Waals surface area contributed by atoms with E-state index in [4.69, 9.17) is 4.74 Å². The summed E-state index contributed by atoms with van der Waals surface area (Å²) < 4.78 is 18.1. The average molecular weight is 370 g/mol. The van der Waals surface area contributed by atoms with Gasteiger partial charge in [0.25, 0.3) is 0 Å². The summed E-state index contributed by atoms with van der Waals surface area (Å²) in [5.41, 5.74) is 2.67. The lowest BCUT2D eigenvalue weighted by Crippen LogP contribution is -2.48. The molecule has 0 saturated carbocycles. The third-order valence-corrected chi connectivity index (χ3v) is 3.79. The molecule has 0 saturated heterocycles. The van der Waals surface area contributed by atoms with Crippen molar-refractivity contribution in [1.29, 1.82) is 0 Å². The molecule has 2 amide bonds. The highest BCUT2D eigenvalue weighted by Gasteiger charge is 2.18. The van der Waals surface area contributed by atoms with E-state index in [9.17, 15) is 14.0 Å². The Hall–Kier alpha value is -2.99. The lowest BCUT2D eigenvalue weighted by Gasteiger charge is -2.16. The van der Waals surface area contributed by atoms with E-state index in [0.717, 1.165) is 16.7 Å². The number of halogens is 1. The third kappa shape index (κ3) is 7.03. The lowest BCUT2D eigenvalue weighted by atomic mass is 10.1. The van der Waals surface area contributed by atoms with E-state index in [0.29, 0.717) is 6.54 Å². The number of carbonyl (C=O) groups excluding carboxylic acids is 2. The zero-order chi connectivity index (χ0) is 19.6. The van der Waals surface area contributed by atoms with Gasteiger partial charge in [-0.1, -0.05) is 48.6 Å². The maximum atomic E-state index is 13.2. The van der Waals surface area contributed by atoms with Gasteiger partial charge in [-0.15, -0.1) is 0 Å². The van der Waals surface area contributed by atoms with E-state index in [-0.39, 0.29) is 24.2 Å². The Morgan fingerprint density at radius 3 is 2.44 bits per heavy atom. The molecule has 0 unspecified atom stereocenters. The summed E-state index contributed by atoms with van der Waals surface area (Å²) in [6.45, 7) is 1.80. The third-order valence-electron chi connectivity index (χ3n) is 3.79. The summed E-state index contributed by atoms with van der Waals surface area (Å²) in [5.74, 6) is -0.863. The molecule has 0 bridgehead atoms. The van der Waals surface area contributed by atoms with Crippen LogP contribution in [0.2, 0.25) is 0 Å². The van der Waals surface area contributed by atoms with Crippen molar-refractivity contribution in [3.05, 3.63) is 71.0 Å². The van der Waals surface area contributed by atoms with E-state index in [1.807, 2.05) is 42.5 Å². The molecule has 0 fully saturated rings. The minimum absolute atomic E-state index is 0.106. The van der Waals surface area contributed by atoms with E-state index in [1.54, 1.807) is 6.07 Å². The van der Waals surface area contributed by atoms with Crippen LogP contribution in [-0.2, 0) is 20.9 Å². The molecule has 5 nitrogen and oxygen atoms in total. The molecule has 0 aliphatic heterocycles. The van der Waals surface area contributed by atoms with Crippen molar-refractivity contribution < 1.29 is 18.7 Å². The fourth-order valence-corrected chi connectivity index (χ4v) is 2.46. The quantitative estimate of drug-likeness (QED) is 0.702. The molecule has 0 aromatic heterocycles. The molecule has 0 aliphatic carbocycles. The number of nitrogens with one attached hydrogen (secondary N) is 2. The summed E-state index contributed by atoms with van der Waals surface area (Å²) in [5, 5.41) is 5.33. The molecule has 0 radical (unpaired) electrons. The molecule has 0 heterocycles. The van der Waals surface area contributed by atoms with E-state index < -0.39 is 6.04 Å². The summed E-state index contributed by atoms with van der Waals surface area (Å²) in [4.78, 5) is 23.3. The second kappa shape index (κ2) is 10.2. The van der Waals surface area contributed by atoms with Gasteiger partial charge in [-0.05, 0) is 28.8 Å². The summed E-state index contributed by atoms with van der Waals surface area (Å²) >= 11 is 0. The molecule has 0 spiro atoms. The van der Waals surface area contributed by atoms with Crippen LogP contribution in [0.1, 0.15) is 23.6 Å². The van der Waals surface area contributed by atoms with Gasteiger partial charge in [0.15, 0.2) is 0 Å². The molecular formula is C21H23FN2O3. The van der Waals surface area contributed by atoms with E-state index in [2.05, 4.69) is 10.6 Å². The van der Waals surface area contributed by atoms with Crippen molar-refractivity contribution in [2.45, 2.75) is 19.5 Å². The van der Waals surface area contributed by atoms with E-state index >= 15 is 0 Å². The number of rotatable bonds is 8. The first-order valence-electron chi connectivity index (χ1n) is 8.54. The monoisotopic (exact) mass is 370 g/mol. The van der Waals surface area contributed by atoms with Gasteiger partial charge in [0, 0.05) is 20.6 Å². The summed E-state index contributed by atoms with van der Waals surface area (Å²) in [6.07, 6.45) is 3.73. The molecule has 2 N–H and O–H groups in total. The number of amides is 2. The topological polar surface area (TPSA) is 67.4 Å². The first-order valence-corrected chi connectivity index (χ1v) is 8.54. The van der Waals surface area contributed by atoms with Crippen molar-refractivity contribution in [2.75, 3.05) is 13.7 Å². The zero-order valence-corrected chi connectivity index (χ0v) is 15.4. The highest BCUT2D eigenvalue weighted by Crippen LogP contribution is 2.11. The predicted molar refractivity (Wildman–Crippen MR) is 103 cm³/mol. The van der Waals surface area contributed by atoms with Crippen LogP contribution < -0.4 is 10.6 Å². The van der Waals surface area contributed by atoms with E-state index in [1.165, 1.54) is 26.2 Å². The normalized spacial score (nSPS) is 12.0. The number of carbonyl (C=O) groups is 2. The molecule has 0 aliphatic rings. The number of benzene rings is 2. The van der Waals surface area contributed by atoms with Gasteiger partial charge < -0.3 is 15.4 Å². The number of ether oxygens (including phenoxy) is 1. The average Bonchev–Trinajstić information content (AvgIpc) is 2.64. The van der Waals surface area contributed by atoms with Gasteiger partial charge in [0.05, 0.1) is 6.61 Å². The molecule has 27 heavy (non-hydrogen) atoms. The van der Waals surface area contributed by atoms with Gasteiger partial charge >= 0.3 is 0 Å². The Morgan fingerprint density at radius 2 is 1.81 bits per heavy atom. The van der Waals surface area contributed by atoms with Crippen LogP contribution in [0.25, 0.3) is 12.2 Å². The van der Waals surface area contributed by atoms with Crippen molar-refractivity contribution in [3.8, 4) is 0 Å². The molecule has 2 aromatic carbocycles. The molecule has 142 valence electrons. The largest absolute Gasteiger partial charge is 0.382 e. The highest BCUT2D eigenvalue weighted by atomic mass is 19.1. The first kappa shape index (κ1) is 20.3. The molecular weight excluding hydrogens is 347 g/mol. The Morgan fingerprint density at radius 1 is 1.11 bits per heavy atom. The number of methoxy groups -OCH3 is 1. The molecule has 1 atom stereocenters. The van der Waals surface area contributed by atoms with Gasteiger partial charge in [-0.3, -0.25) is 9.59 Å². The Bertz CT molecular complexity index is 803. The SMILES string of the molecule is COC[C@@H](NC(C)=O)C(=O)NCc1ccc(/C=C/c2cccc(F)c2)cc1. The van der Waals surface area contributed by atoms with Crippen LogP contribution in [0.15, 0.2) is 48.5 Å². The summed E-state index contributed by atoms with van der Waals surface area (Å²) in [6, 6.07) is 13.3. The molecule has 2 rings (SSSR count). The minimum atomic E-state index is -0.721. The minimum Gasteiger partial charge on any atom is -0.382 e.